The lowest BCUT2D eigenvalue weighted by Gasteiger charge is -2.55. The van der Waals surface area contributed by atoms with Crippen LogP contribution in [0.5, 0.6) is 5.75 Å². The number of benzene rings is 1. The van der Waals surface area contributed by atoms with Gasteiger partial charge in [0.1, 0.15) is 5.75 Å². The Hall–Kier alpha value is -2.04. The van der Waals surface area contributed by atoms with E-state index in [9.17, 15) is 9.59 Å². The molecule has 3 fully saturated rings. The number of ether oxygens (including phenoxy) is 1. The van der Waals surface area contributed by atoms with Gasteiger partial charge in [0.25, 0.3) is 0 Å². The highest BCUT2D eigenvalue weighted by Gasteiger charge is 2.52. The number of nitrogens with one attached hydrogen (secondary N) is 1. The maximum Gasteiger partial charge on any atom is 0.225 e. The molecule has 5 heteroatoms. The molecule has 1 aromatic carbocycles. The third-order valence-electron chi connectivity index (χ3n) is 7.15. The third kappa shape index (κ3) is 3.40. The molecule has 0 spiro atoms. The van der Waals surface area contributed by atoms with Crippen LogP contribution in [-0.4, -0.2) is 42.5 Å². The van der Waals surface area contributed by atoms with E-state index in [-0.39, 0.29) is 29.8 Å². The van der Waals surface area contributed by atoms with Gasteiger partial charge in [-0.2, -0.15) is 0 Å². The summed E-state index contributed by atoms with van der Waals surface area (Å²) in [6.07, 6.45) is 5.33. The third-order valence-corrected chi connectivity index (χ3v) is 7.15. The molecular weight excluding hydrogens is 352 g/mol. The van der Waals surface area contributed by atoms with E-state index >= 15 is 0 Å². The number of hydrogen-bond acceptors (Lipinski definition) is 3. The number of amides is 2. The molecule has 1 aliphatic heterocycles. The van der Waals surface area contributed by atoms with Crippen LogP contribution in [-0.2, 0) is 9.59 Å². The molecular formula is C23H32N2O3. The molecule has 5 nitrogen and oxygen atoms in total. The van der Waals surface area contributed by atoms with Gasteiger partial charge in [-0.1, -0.05) is 25.0 Å². The van der Waals surface area contributed by atoms with E-state index in [1.54, 1.807) is 7.11 Å². The van der Waals surface area contributed by atoms with Crippen LogP contribution in [0.15, 0.2) is 24.3 Å². The van der Waals surface area contributed by atoms with Crippen LogP contribution in [0.3, 0.4) is 0 Å². The van der Waals surface area contributed by atoms with Gasteiger partial charge in [0.15, 0.2) is 0 Å². The number of likely N-dealkylation sites (tertiary alicyclic amines) is 1. The lowest BCUT2D eigenvalue weighted by atomic mass is 9.53. The van der Waals surface area contributed by atoms with Crippen LogP contribution in [0.25, 0.3) is 0 Å². The highest BCUT2D eigenvalue weighted by atomic mass is 16.5. The smallest absolute Gasteiger partial charge is 0.225 e. The zero-order valence-electron chi connectivity index (χ0n) is 17.2. The zero-order chi connectivity index (χ0) is 19.8. The van der Waals surface area contributed by atoms with Crippen molar-refractivity contribution in [2.75, 3.05) is 13.7 Å². The van der Waals surface area contributed by atoms with Gasteiger partial charge in [-0.05, 0) is 56.2 Å². The Morgan fingerprint density at radius 2 is 1.82 bits per heavy atom. The quantitative estimate of drug-likeness (QED) is 0.847. The normalized spacial score (nSPS) is 32.1. The van der Waals surface area contributed by atoms with Crippen molar-refractivity contribution in [3.05, 3.63) is 29.8 Å². The minimum atomic E-state index is -0.214. The summed E-state index contributed by atoms with van der Waals surface area (Å²) >= 11 is 0. The van der Waals surface area contributed by atoms with Crippen molar-refractivity contribution in [2.24, 2.45) is 17.8 Å². The van der Waals surface area contributed by atoms with Crippen molar-refractivity contribution in [1.29, 1.82) is 0 Å². The minimum Gasteiger partial charge on any atom is -0.497 e. The molecule has 5 atom stereocenters. The Bertz CT molecular complexity index is 730. The summed E-state index contributed by atoms with van der Waals surface area (Å²) < 4.78 is 5.30. The van der Waals surface area contributed by atoms with Crippen LogP contribution >= 0.6 is 0 Å². The molecule has 1 saturated heterocycles. The summed E-state index contributed by atoms with van der Waals surface area (Å²) in [6, 6.07) is 8.67. The maximum absolute atomic E-state index is 13.0. The number of rotatable bonds is 5. The van der Waals surface area contributed by atoms with Gasteiger partial charge in [0.05, 0.1) is 13.0 Å². The number of hydrogen-bond donors (Lipinski definition) is 1. The minimum absolute atomic E-state index is 0.0593. The van der Waals surface area contributed by atoms with Crippen molar-refractivity contribution < 1.29 is 14.3 Å². The summed E-state index contributed by atoms with van der Waals surface area (Å²) in [4.78, 5) is 27.0. The molecule has 2 saturated carbocycles. The number of carbonyl (C=O) groups is 2. The van der Waals surface area contributed by atoms with Gasteiger partial charge in [-0.3, -0.25) is 9.59 Å². The average molecular weight is 385 g/mol. The summed E-state index contributed by atoms with van der Waals surface area (Å²) in [5.41, 5.74) is 1.29. The van der Waals surface area contributed by atoms with Crippen LogP contribution in [0.2, 0.25) is 0 Å². The predicted octanol–water partition coefficient (Wildman–Crippen LogP) is 3.34. The summed E-state index contributed by atoms with van der Waals surface area (Å²) in [6.45, 7) is 4.57. The van der Waals surface area contributed by atoms with Gasteiger partial charge in [0, 0.05) is 31.0 Å². The van der Waals surface area contributed by atoms with Crippen LogP contribution < -0.4 is 10.1 Å². The highest BCUT2D eigenvalue weighted by molar-refractivity contribution is 5.89. The maximum atomic E-state index is 13.0. The largest absolute Gasteiger partial charge is 0.497 e. The molecule has 0 aromatic heterocycles. The van der Waals surface area contributed by atoms with E-state index in [4.69, 9.17) is 4.74 Å². The number of fused-ring (bicyclic) bond motifs is 1. The van der Waals surface area contributed by atoms with Crippen molar-refractivity contribution in [3.8, 4) is 5.75 Å². The Balaban J connectivity index is 1.48. The Morgan fingerprint density at radius 3 is 2.43 bits per heavy atom. The Morgan fingerprint density at radius 1 is 1.14 bits per heavy atom. The first kappa shape index (κ1) is 19.3. The van der Waals surface area contributed by atoms with Crippen LogP contribution in [0.1, 0.15) is 57.4 Å². The summed E-state index contributed by atoms with van der Waals surface area (Å²) in [5.74, 6) is 2.41. The van der Waals surface area contributed by atoms with E-state index in [2.05, 4.69) is 17.4 Å². The fourth-order valence-corrected chi connectivity index (χ4v) is 5.63. The van der Waals surface area contributed by atoms with Crippen molar-refractivity contribution >= 4 is 11.8 Å². The topological polar surface area (TPSA) is 58.6 Å². The predicted molar refractivity (Wildman–Crippen MR) is 108 cm³/mol. The van der Waals surface area contributed by atoms with Crippen LogP contribution in [0, 0.1) is 17.8 Å². The number of nitrogens with zero attached hydrogens (tertiary/aromatic N) is 1. The molecule has 2 amide bonds. The van der Waals surface area contributed by atoms with E-state index < -0.39 is 0 Å². The second kappa shape index (κ2) is 7.76. The lowest BCUT2D eigenvalue weighted by molar-refractivity contribution is -0.131. The van der Waals surface area contributed by atoms with E-state index in [0.29, 0.717) is 30.7 Å². The molecule has 1 heterocycles. The van der Waals surface area contributed by atoms with Crippen molar-refractivity contribution in [1.82, 2.24) is 10.2 Å². The second-order valence-corrected chi connectivity index (χ2v) is 8.99. The monoisotopic (exact) mass is 384 g/mol. The van der Waals surface area contributed by atoms with E-state index in [1.165, 1.54) is 31.2 Å². The molecule has 28 heavy (non-hydrogen) atoms. The highest BCUT2D eigenvalue weighted by Crippen LogP contribution is 2.54. The van der Waals surface area contributed by atoms with Gasteiger partial charge < -0.3 is 15.0 Å². The first-order chi connectivity index (χ1) is 13.5. The fraction of sp³-hybridized carbons (Fsp3) is 0.652. The Kier molecular flexibility index (Phi) is 5.35. The molecule has 4 rings (SSSR count). The molecule has 2 aliphatic carbocycles. The lowest BCUT2D eigenvalue weighted by Crippen LogP contribution is -2.60. The summed E-state index contributed by atoms with van der Waals surface area (Å²) in [7, 11) is 1.68. The Labute approximate surface area is 167 Å². The average Bonchev–Trinajstić information content (AvgIpc) is 3.09. The summed E-state index contributed by atoms with van der Waals surface area (Å²) in [5, 5.41) is 3.37. The van der Waals surface area contributed by atoms with Gasteiger partial charge >= 0.3 is 0 Å². The molecule has 0 unspecified atom stereocenters. The molecule has 0 radical (unpaired) electrons. The van der Waals surface area contributed by atoms with Gasteiger partial charge in [-0.15, -0.1) is 0 Å². The van der Waals surface area contributed by atoms with Gasteiger partial charge in [0.2, 0.25) is 11.8 Å². The number of methoxy groups -OCH3 is 1. The van der Waals surface area contributed by atoms with Gasteiger partial charge in [-0.25, -0.2) is 0 Å². The zero-order valence-corrected chi connectivity index (χ0v) is 17.2. The van der Waals surface area contributed by atoms with E-state index in [1.807, 2.05) is 30.9 Å². The van der Waals surface area contributed by atoms with Crippen molar-refractivity contribution in [2.45, 2.75) is 64.0 Å². The van der Waals surface area contributed by atoms with Crippen LogP contribution in [0.4, 0.5) is 0 Å². The SMILES string of the molecule is COc1ccc([C@H]2[C@@H]3CCCC[C@@H]3[C@@H]2NC(=O)[C@@H]2CC(=O)N(C(C)C)C2)cc1. The second-order valence-electron chi connectivity index (χ2n) is 8.99. The molecule has 0 bridgehead atoms. The molecule has 3 aliphatic rings. The first-order valence-electron chi connectivity index (χ1n) is 10.7. The first-order valence-corrected chi connectivity index (χ1v) is 10.7. The molecule has 152 valence electrons. The fourth-order valence-electron chi connectivity index (χ4n) is 5.63. The standard InChI is InChI=1S/C23H32N2O3/c1-14(2)25-13-16(12-20(25)26)23(27)24-22-19-7-5-4-6-18(19)21(22)15-8-10-17(28-3)11-9-15/h8-11,14,16,18-19,21-22H,4-7,12-13H2,1-3H3,(H,24,27)/t16-,18-,19+,21+,22+/m1/s1. The molecule has 1 aromatic rings. The van der Waals surface area contributed by atoms with Crippen molar-refractivity contribution in [3.63, 3.8) is 0 Å². The number of carbonyl (C=O) groups excluding carboxylic acids is 2. The van der Waals surface area contributed by atoms with E-state index in [0.717, 1.165) is 5.75 Å². The molecule has 1 N–H and O–H groups in total.